The van der Waals surface area contributed by atoms with Crippen LogP contribution in [0.1, 0.15) is 16.8 Å². The number of rotatable bonds is 0. The molecule has 2 aromatic heterocycles. The quantitative estimate of drug-likeness (QED) is 0.504. The highest BCUT2D eigenvalue weighted by Gasteiger charge is 2.27. The first-order valence-corrected chi connectivity index (χ1v) is 5.20. The predicted molar refractivity (Wildman–Crippen MR) is 58.4 cm³/mol. The van der Waals surface area contributed by atoms with E-state index in [1.807, 2.05) is 6.20 Å². The van der Waals surface area contributed by atoms with E-state index in [-0.39, 0.29) is 0 Å². The molecule has 3 rings (SSSR count). The molecule has 0 aromatic carbocycles. The lowest BCUT2D eigenvalue weighted by Crippen LogP contribution is -2.31. The Morgan fingerprint density at radius 3 is 3.00 bits per heavy atom. The van der Waals surface area contributed by atoms with Crippen molar-refractivity contribution in [3.05, 3.63) is 47.4 Å². The fourth-order valence-corrected chi connectivity index (χ4v) is 2.27. The second-order valence-corrected chi connectivity index (χ2v) is 4.15. The van der Waals surface area contributed by atoms with Gasteiger partial charge in [0.25, 0.3) is 0 Å². The van der Waals surface area contributed by atoms with Gasteiger partial charge in [0, 0.05) is 23.9 Å². The molecule has 15 heavy (non-hydrogen) atoms. The third-order valence-corrected chi connectivity index (χ3v) is 3.01. The summed E-state index contributed by atoms with van der Waals surface area (Å²) in [6, 6.07) is 6.50. The van der Waals surface area contributed by atoms with Crippen LogP contribution in [0.4, 0.5) is 0 Å². The molecule has 0 unspecified atom stereocenters. The van der Waals surface area contributed by atoms with Crippen molar-refractivity contribution in [2.24, 2.45) is 0 Å². The van der Waals surface area contributed by atoms with Gasteiger partial charge in [0.1, 0.15) is 0 Å². The van der Waals surface area contributed by atoms with Crippen molar-refractivity contribution in [3.63, 3.8) is 0 Å². The summed E-state index contributed by atoms with van der Waals surface area (Å²) in [6.45, 7) is 5.19. The fourth-order valence-electron chi connectivity index (χ4n) is 2.27. The van der Waals surface area contributed by atoms with Crippen molar-refractivity contribution >= 4 is 0 Å². The van der Waals surface area contributed by atoms with Crippen molar-refractivity contribution < 1.29 is 4.57 Å². The summed E-state index contributed by atoms with van der Waals surface area (Å²) in [5.41, 5.74) is 6.44. The first-order valence-electron chi connectivity index (χ1n) is 5.20. The molecular weight excluding hydrogens is 184 g/mol. The summed E-state index contributed by atoms with van der Waals surface area (Å²) in [6.07, 6.45) is 4.05. The lowest BCUT2D eigenvalue weighted by Gasteiger charge is -1.98. The molecule has 2 nitrogen and oxygen atoms in total. The number of aryl methyl sites for hydroxylation is 2. The summed E-state index contributed by atoms with van der Waals surface area (Å²) in [5.74, 6) is 0. The minimum absolute atomic E-state index is 0.980. The van der Waals surface area contributed by atoms with Crippen LogP contribution in [0, 0.1) is 13.8 Å². The van der Waals surface area contributed by atoms with Crippen molar-refractivity contribution in [2.45, 2.75) is 20.4 Å². The maximum absolute atomic E-state index is 4.37. The topological polar surface area (TPSA) is 16.8 Å². The Bertz CT molecular complexity index is 544. The molecule has 3 heterocycles. The fraction of sp³-hybridized carbons (Fsp3) is 0.231. The second kappa shape index (κ2) is 2.89. The van der Waals surface area contributed by atoms with Gasteiger partial charge in [-0.25, -0.2) is 0 Å². The second-order valence-electron chi connectivity index (χ2n) is 4.15. The van der Waals surface area contributed by atoms with Crippen LogP contribution in [0.5, 0.6) is 0 Å². The van der Waals surface area contributed by atoms with Crippen LogP contribution >= 0.6 is 0 Å². The number of pyridine rings is 2. The van der Waals surface area contributed by atoms with Crippen molar-refractivity contribution in [1.82, 2.24) is 4.98 Å². The molecule has 0 amide bonds. The van der Waals surface area contributed by atoms with Gasteiger partial charge in [-0.15, -0.1) is 0 Å². The highest BCUT2D eigenvalue weighted by atomic mass is 15.0. The van der Waals surface area contributed by atoms with Gasteiger partial charge in [-0.2, -0.15) is 4.57 Å². The number of hydrogen-bond acceptors (Lipinski definition) is 1. The van der Waals surface area contributed by atoms with Crippen LogP contribution < -0.4 is 4.57 Å². The van der Waals surface area contributed by atoms with Crippen LogP contribution in [0.15, 0.2) is 30.6 Å². The molecule has 0 aliphatic carbocycles. The Morgan fingerprint density at radius 2 is 2.13 bits per heavy atom. The first kappa shape index (κ1) is 8.60. The Labute approximate surface area is 89.2 Å². The summed E-state index contributed by atoms with van der Waals surface area (Å²) >= 11 is 0. The summed E-state index contributed by atoms with van der Waals surface area (Å²) < 4.78 is 2.28. The Balaban J connectivity index is 2.33. The van der Waals surface area contributed by atoms with Gasteiger partial charge >= 0.3 is 0 Å². The molecule has 1 aliphatic heterocycles. The zero-order chi connectivity index (χ0) is 10.4. The monoisotopic (exact) mass is 197 g/mol. The van der Waals surface area contributed by atoms with E-state index >= 15 is 0 Å². The number of hydrogen-bond donors (Lipinski definition) is 0. The number of fused-ring (bicyclic) bond motifs is 3. The summed E-state index contributed by atoms with van der Waals surface area (Å²) in [7, 11) is 0. The van der Waals surface area contributed by atoms with Gasteiger partial charge < -0.3 is 0 Å². The SMILES string of the molecule is Cc1cc[n+]2c(c1)-c1c(ccnc1C)C2. The van der Waals surface area contributed by atoms with Crippen LogP contribution in [0.25, 0.3) is 11.3 Å². The van der Waals surface area contributed by atoms with E-state index < -0.39 is 0 Å². The van der Waals surface area contributed by atoms with Gasteiger partial charge in [0.05, 0.1) is 11.3 Å². The molecule has 0 atom stereocenters. The average Bonchev–Trinajstić information content (AvgIpc) is 2.57. The summed E-state index contributed by atoms with van der Waals surface area (Å²) in [4.78, 5) is 4.37. The summed E-state index contributed by atoms with van der Waals surface area (Å²) in [5, 5.41) is 0. The average molecular weight is 197 g/mol. The molecule has 0 spiro atoms. The van der Waals surface area contributed by atoms with E-state index in [9.17, 15) is 0 Å². The van der Waals surface area contributed by atoms with E-state index in [1.165, 1.54) is 22.4 Å². The van der Waals surface area contributed by atoms with Crippen LogP contribution in [0.2, 0.25) is 0 Å². The van der Waals surface area contributed by atoms with E-state index in [1.54, 1.807) is 0 Å². The molecule has 74 valence electrons. The third kappa shape index (κ3) is 1.18. The molecule has 2 aromatic rings. The molecule has 0 saturated carbocycles. The molecular formula is C13H13N2+. The lowest BCUT2D eigenvalue weighted by molar-refractivity contribution is -0.672. The van der Waals surface area contributed by atoms with E-state index in [0.717, 1.165) is 12.2 Å². The largest absolute Gasteiger partial charge is 0.261 e. The van der Waals surface area contributed by atoms with Gasteiger partial charge in [0.2, 0.25) is 5.69 Å². The molecule has 2 heteroatoms. The van der Waals surface area contributed by atoms with Gasteiger partial charge in [-0.05, 0) is 25.5 Å². The molecule has 0 N–H and O–H groups in total. The van der Waals surface area contributed by atoms with Gasteiger partial charge in [-0.3, -0.25) is 4.98 Å². The molecule has 0 fully saturated rings. The Morgan fingerprint density at radius 1 is 1.27 bits per heavy atom. The first-order chi connectivity index (χ1) is 7.25. The normalized spacial score (nSPS) is 12.4. The molecule has 0 saturated heterocycles. The lowest BCUT2D eigenvalue weighted by atomic mass is 10.1. The van der Waals surface area contributed by atoms with E-state index in [2.05, 4.69) is 47.8 Å². The number of nitrogens with zero attached hydrogens (tertiary/aromatic N) is 2. The van der Waals surface area contributed by atoms with Crippen molar-refractivity contribution in [2.75, 3.05) is 0 Å². The van der Waals surface area contributed by atoms with E-state index in [4.69, 9.17) is 0 Å². The third-order valence-electron chi connectivity index (χ3n) is 3.01. The highest BCUT2D eigenvalue weighted by molar-refractivity contribution is 5.65. The zero-order valence-corrected chi connectivity index (χ0v) is 8.99. The maximum Gasteiger partial charge on any atom is 0.215 e. The van der Waals surface area contributed by atoms with Crippen molar-refractivity contribution in [1.29, 1.82) is 0 Å². The molecule has 0 bridgehead atoms. The van der Waals surface area contributed by atoms with Crippen LogP contribution in [-0.4, -0.2) is 4.98 Å². The van der Waals surface area contributed by atoms with E-state index in [0.29, 0.717) is 0 Å². The highest BCUT2D eigenvalue weighted by Crippen LogP contribution is 2.28. The van der Waals surface area contributed by atoms with Gasteiger partial charge in [0.15, 0.2) is 12.7 Å². The number of aromatic nitrogens is 2. The van der Waals surface area contributed by atoms with Crippen LogP contribution in [-0.2, 0) is 6.54 Å². The molecule has 0 radical (unpaired) electrons. The Kier molecular flexibility index (Phi) is 1.66. The minimum Gasteiger partial charge on any atom is -0.261 e. The van der Waals surface area contributed by atoms with Gasteiger partial charge in [-0.1, -0.05) is 0 Å². The minimum atomic E-state index is 0.980. The standard InChI is InChI=1S/C13H13N2/c1-9-4-6-15-8-11-3-5-14-10(2)13(11)12(15)7-9/h3-7H,8H2,1-2H3/q+1. The zero-order valence-electron chi connectivity index (χ0n) is 8.99. The molecule has 1 aliphatic rings. The predicted octanol–water partition coefficient (Wildman–Crippen LogP) is 2.01. The van der Waals surface area contributed by atoms with Crippen molar-refractivity contribution in [3.8, 4) is 11.3 Å². The maximum atomic E-state index is 4.37. The Hall–Kier alpha value is -1.70. The van der Waals surface area contributed by atoms with Crippen LogP contribution in [0.3, 0.4) is 0 Å². The smallest absolute Gasteiger partial charge is 0.215 e.